The standard InChI is InChI=1S/C27H32O2/c1-25-14-11-21(28)18-20(25)8-9-22-23(25)12-15-26(2)24(22)13-17-27(26,29)16-10-19-6-4-3-5-7-19/h3-7,18,22-24,29H,8-9,11-15,17H2,1-2H3/t22-,23+,24+,25+,26+,27+/m1/s1. The number of carbonyl (C=O) groups is 1. The maximum absolute atomic E-state index is 12.0. The van der Waals surface area contributed by atoms with Gasteiger partial charge in [-0.1, -0.05) is 49.5 Å². The van der Waals surface area contributed by atoms with Gasteiger partial charge in [0.1, 0.15) is 5.60 Å². The van der Waals surface area contributed by atoms with E-state index in [4.69, 9.17) is 0 Å². The van der Waals surface area contributed by atoms with Crippen molar-refractivity contribution in [2.24, 2.45) is 28.6 Å². The highest BCUT2D eigenvalue weighted by atomic mass is 16.3. The van der Waals surface area contributed by atoms with Crippen LogP contribution >= 0.6 is 0 Å². The van der Waals surface area contributed by atoms with E-state index in [-0.39, 0.29) is 10.8 Å². The molecule has 0 aliphatic heterocycles. The molecule has 5 rings (SSSR count). The zero-order valence-corrected chi connectivity index (χ0v) is 17.7. The van der Waals surface area contributed by atoms with E-state index in [1.54, 1.807) is 0 Å². The van der Waals surface area contributed by atoms with Crippen molar-refractivity contribution in [2.75, 3.05) is 0 Å². The second-order valence-corrected chi connectivity index (χ2v) is 10.4. The number of aliphatic hydroxyl groups is 1. The van der Waals surface area contributed by atoms with Crippen LogP contribution in [0.15, 0.2) is 42.0 Å². The second-order valence-electron chi connectivity index (χ2n) is 10.4. The molecular weight excluding hydrogens is 356 g/mol. The Morgan fingerprint density at radius 2 is 1.72 bits per heavy atom. The van der Waals surface area contributed by atoms with Gasteiger partial charge in [0.25, 0.3) is 0 Å². The largest absolute Gasteiger partial charge is 0.377 e. The molecule has 1 N–H and O–H groups in total. The Morgan fingerprint density at radius 1 is 0.966 bits per heavy atom. The third kappa shape index (κ3) is 2.77. The second kappa shape index (κ2) is 6.58. The molecule has 3 fully saturated rings. The van der Waals surface area contributed by atoms with Crippen LogP contribution in [0.3, 0.4) is 0 Å². The number of hydrogen-bond donors (Lipinski definition) is 1. The van der Waals surface area contributed by atoms with E-state index < -0.39 is 5.60 Å². The molecule has 2 nitrogen and oxygen atoms in total. The van der Waals surface area contributed by atoms with Crippen molar-refractivity contribution in [1.29, 1.82) is 0 Å². The van der Waals surface area contributed by atoms with E-state index in [2.05, 4.69) is 25.7 Å². The first-order valence-corrected chi connectivity index (χ1v) is 11.4. The van der Waals surface area contributed by atoms with Gasteiger partial charge in [-0.3, -0.25) is 4.79 Å². The Morgan fingerprint density at radius 3 is 2.52 bits per heavy atom. The molecule has 0 aromatic heterocycles. The number of fused-ring (bicyclic) bond motifs is 5. The van der Waals surface area contributed by atoms with Crippen molar-refractivity contribution in [3.05, 3.63) is 47.5 Å². The quantitative estimate of drug-likeness (QED) is 0.612. The summed E-state index contributed by atoms with van der Waals surface area (Å²) < 4.78 is 0. The minimum atomic E-state index is -0.891. The van der Waals surface area contributed by atoms with Crippen molar-refractivity contribution in [3.8, 4) is 11.8 Å². The van der Waals surface area contributed by atoms with E-state index in [9.17, 15) is 9.90 Å². The van der Waals surface area contributed by atoms with Crippen molar-refractivity contribution in [3.63, 3.8) is 0 Å². The van der Waals surface area contributed by atoms with Gasteiger partial charge in [-0.05, 0) is 86.3 Å². The fourth-order valence-corrected chi connectivity index (χ4v) is 7.48. The van der Waals surface area contributed by atoms with Gasteiger partial charge in [0.05, 0.1) is 0 Å². The lowest BCUT2D eigenvalue weighted by atomic mass is 9.46. The van der Waals surface area contributed by atoms with Crippen LogP contribution in [0, 0.1) is 40.4 Å². The number of ketones is 1. The van der Waals surface area contributed by atoms with Crippen molar-refractivity contribution in [1.82, 2.24) is 0 Å². The van der Waals surface area contributed by atoms with Crippen LogP contribution in [0.1, 0.15) is 70.8 Å². The highest BCUT2D eigenvalue weighted by molar-refractivity contribution is 5.91. The SMILES string of the molecule is C[C@]12CCC(=O)C=C1CC[C@@H]1[C@@H]2CC[C@@]2(C)[C@H]1CC[C@@]2(O)C#Cc1ccccc1. The molecule has 29 heavy (non-hydrogen) atoms. The average Bonchev–Trinajstić information content (AvgIpc) is 2.99. The van der Waals surface area contributed by atoms with Crippen LogP contribution in [-0.2, 0) is 4.79 Å². The summed E-state index contributed by atoms with van der Waals surface area (Å²) in [5, 5.41) is 11.7. The van der Waals surface area contributed by atoms with Gasteiger partial charge in [-0.25, -0.2) is 0 Å². The summed E-state index contributed by atoms with van der Waals surface area (Å²) in [4.78, 5) is 12.0. The normalized spacial score (nSPS) is 43.3. The predicted octanol–water partition coefficient (Wildman–Crippen LogP) is 5.30. The predicted molar refractivity (Wildman–Crippen MR) is 115 cm³/mol. The van der Waals surface area contributed by atoms with E-state index in [0.29, 0.717) is 30.0 Å². The van der Waals surface area contributed by atoms with Crippen LogP contribution in [0.2, 0.25) is 0 Å². The molecule has 152 valence electrons. The van der Waals surface area contributed by atoms with Gasteiger partial charge in [-0.15, -0.1) is 0 Å². The lowest BCUT2D eigenvalue weighted by Crippen LogP contribution is -2.54. The molecule has 2 heteroatoms. The zero-order chi connectivity index (χ0) is 20.3. The van der Waals surface area contributed by atoms with Crippen LogP contribution in [0.5, 0.6) is 0 Å². The third-order valence-corrected chi connectivity index (χ3v) is 9.30. The number of benzene rings is 1. The van der Waals surface area contributed by atoms with Gasteiger partial charge in [0.2, 0.25) is 0 Å². The summed E-state index contributed by atoms with van der Waals surface area (Å²) in [6.07, 6.45) is 9.97. The molecule has 6 atom stereocenters. The molecular formula is C27H32O2. The summed E-state index contributed by atoms with van der Waals surface area (Å²) in [6, 6.07) is 10.0. The first-order valence-electron chi connectivity index (χ1n) is 11.4. The fraction of sp³-hybridized carbons (Fsp3) is 0.593. The number of hydrogen-bond acceptors (Lipinski definition) is 2. The molecule has 0 amide bonds. The molecule has 3 saturated carbocycles. The van der Waals surface area contributed by atoms with Gasteiger partial charge in [-0.2, -0.15) is 0 Å². The minimum absolute atomic E-state index is 0.127. The molecule has 0 bridgehead atoms. The van der Waals surface area contributed by atoms with Gasteiger partial charge >= 0.3 is 0 Å². The Kier molecular flexibility index (Phi) is 4.34. The van der Waals surface area contributed by atoms with Crippen LogP contribution in [-0.4, -0.2) is 16.5 Å². The van der Waals surface area contributed by atoms with E-state index >= 15 is 0 Å². The zero-order valence-electron chi connectivity index (χ0n) is 17.7. The molecule has 1 aromatic rings. The average molecular weight is 389 g/mol. The van der Waals surface area contributed by atoms with Gasteiger partial charge in [0, 0.05) is 17.4 Å². The highest BCUT2D eigenvalue weighted by Crippen LogP contribution is 2.67. The topological polar surface area (TPSA) is 37.3 Å². The molecule has 4 aliphatic carbocycles. The number of allylic oxidation sites excluding steroid dienone is 1. The minimum Gasteiger partial charge on any atom is -0.377 e. The number of carbonyl (C=O) groups excluding carboxylic acids is 1. The molecule has 4 aliphatic rings. The summed E-state index contributed by atoms with van der Waals surface area (Å²) in [5.74, 6) is 8.76. The first kappa shape index (κ1) is 19.1. The van der Waals surface area contributed by atoms with Gasteiger partial charge < -0.3 is 5.11 Å². The Hall–Kier alpha value is -1.85. The van der Waals surface area contributed by atoms with E-state index in [1.807, 2.05) is 36.4 Å². The van der Waals surface area contributed by atoms with Gasteiger partial charge in [0.15, 0.2) is 5.78 Å². The maximum atomic E-state index is 12.0. The fourth-order valence-electron chi connectivity index (χ4n) is 7.48. The Bertz CT molecular complexity index is 919. The molecule has 0 radical (unpaired) electrons. The summed E-state index contributed by atoms with van der Waals surface area (Å²) in [7, 11) is 0. The lowest BCUT2D eigenvalue weighted by molar-refractivity contribution is -0.119. The van der Waals surface area contributed by atoms with Crippen molar-refractivity contribution in [2.45, 2.75) is 70.8 Å². The summed E-state index contributed by atoms with van der Waals surface area (Å²) in [5.41, 5.74) is 1.56. The third-order valence-electron chi connectivity index (χ3n) is 9.30. The molecule has 0 spiro atoms. The van der Waals surface area contributed by atoms with Crippen molar-refractivity contribution < 1.29 is 9.90 Å². The molecule has 0 unspecified atom stereocenters. The summed E-state index contributed by atoms with van der Waals surface area (Å²) in [6.45, 7) is 4.72. The molecule has 0 heterocycles. The first-order chi connectivity index (χ1) is 13.9. The Balaban J connectivity index is 1.45. The maximum Gasteiger partial charge on any atom is 0.155 e. The van der Waals surface area contributed by atoms with E-state index in [0.717, 1.165) is 44.1 Å². The van der Waals surface area contributed by atoms with Crippen LogP contribution < -0.4 is 0 Å². The highest BCUT2D eigenvalue weighted by Gasteiger charge is 2.63. The molecule has 1 aromatic carbocycles. The van der Waals surface area contributed by atoms with Crippen LogP contribution in [0.4, 0.5) is 0 Å². The smallest absolute Gasteiger partial charge is 0.155 e. The van der Waals surface area contributed by atoms with Crippen molar-refractivity contribution >= 4 is 5.78 Å². The molecule has 0 saturated heterocycles. The van der Waals surface area contributed by atoms with Crippen LogP contribution in [0.25, 0.3) is 0 Å². The lowest BCUT2D eigenvalue weighted by Gasteiger charge is -2.58. The van der Waals surface area contributed by atoms with E-state index in [1.165, 1.54) is 12.0 Å². The Labute approximate surface area is 174 Å². The summed E-state index contributed by atoms with van der Waals surface area (Å²) >= 11 is 0. The monoisotopic (exact) mass is 388 g/mol. The number of rotatable bonds is 0.